The highest BCUT2D eigenvalue weighted by Crippen LogP contribution is 2.41. The first-order chi connectivity index (χ1) is 14.1. The molecule has 0 aliphatic carbocycles. The lowest BCUT2D eigenvalue weighted by atomic mass is 9.43. The van der Waals surface area contributed by atoms with Gasteiger partial charge in [-0.3, -0.25) is 9.84 Å². The summed E-state index contributed by atoms with van der Waals surface area (Å²) in [7, 11) is 0. The number of rotatable bonds is 0. The van der Waals surface area contributed by atoms with Gasteiger partial charge in [0.15, 0.2) is 0 Å². The van der Waals surface area contributed by atoms with E-state index in [0.717, 1.165) is 11.3 Å². The third kappa shape index (κ3) is 1.75. The van der Waals surface area contributed by atoms with E-state index < -0.39 is 0 Å². The lowest BCUT2D eigenvalue weighted by Crippen LogP contribution is -2.67. The number of imidazole rings is 1. The maximum absolute atomic E-state index is 5.15. The van der Waals surface area contributed by atoms with Crippen LogP contribution in [-0.2, 0) is 5.41 Å². The van der Waals surface area contributed by atoms with Crippen molar-refractivity contribution in [2.45, 2.75) is 26.2 Å². The Morgan fingerprint density at radius 3 is 2.17 bits per heavy atom. The van der Waals surface area contributed by atoms with Crippen LogP contribution in [0.5, 0.6) is 0 Å². The first-order valence-corrected chi connectivity index (χ1v) is 10.3. The maximum Gasteiger partial charge on any atom is 0.394 e. The van der Waals surface area contributed by atoms with Crippen molar-refractivity contribution < 1.29 is 0 Å². The van der Waals surface area contributed by atoms with E-state index in [0.29, 0.717) is 0 Å². The van der Waals surface area contributed by atoms with Gasteiger partial charge in [0, 0.05) is 5.41 Å². The van der Waals surface area contributed by atoms with Crippen molar-refractivity contribution in [2.75, 3.05) is 5.01 Å². The summed E-state index contributed by atoms with van der Waals surface area (Å²) in [5.74, 6) is 1.15. The fourth-order valence-corrected chi connectivity index (χ4v) is 5.57. The van der Waals surface area contributed by atoms with E-state index in [1.54, 1.807) is 0 Å². The summed E-state index contributed by atoms with van der Waals surface area (Å²) in [6.07, 6.45) is 0. The number of nitrogens with zero attached hydrogens (tertiary/aromatic N) is 4. The average Bonchev–Trinajstić information content (AvgIpc) is 3.36. The summed E-state index contributed by atoms with van der Waals surface area (Å²) in [5, 5.41) is 2.44. The highest BCUT2D eigenvalue weighted by atomic mass is 15.6. The van der Waals surface area contributed by atoms with Gasteiger partial charge in [0.25, 0.3) is 0 Å². The highest BCUT2D eigenvalue weighted by molar-refractivity contribution is 6.98. The standard InChI is InChI=1S/C23H20B2N4/c1-23(2,3)22-26-18-12-8-11-17-21(18)27(22)25-16-10-5-7-14-20(16)28-19-13-6-4-9-15(19)24(17)29(25)28/h4-14H,1-3H3. The van der Waals surface area contributed by atoms with Gasteiger partial charge in [-0.2, -0.15) is 0 Å². The number of benzene rings is 3. The number of para-hydroxylation sites is 3. The molecule has 29 heavy (non-hydrogen) atoms. The van der Waals surface area contributed by atoms with Crippen molar-refractivity contribution in [1.82, 2.24) is 14.3 Å². The fraction of sp³-hybridized carbons (Fsp3) is 0.174. The van der Waals surface area contributed by atoms with Crippen LogP contribution in [0.2, 0.25) is 0 Å². The SMILES string of the molecule is CC(C)(C)c1nc2cccc3c2n1B1c2ccccc2N2c4ccccc4B3N12. The summed E-state index contributed by atoms with van der Waals surface area (Å²) in [6, 6.07) is 24.3. The third-order valence-electron chi connectivity index (χ3n) is 6.60. The quantitative estimate of drug-likeness (QED) is 0.442. The molecule has 3 aliphatic rings. The van der Waals surface area contributed by atoms with Gasteiger partial charge in [-0.15, -0.1) is 0 Å². The molecule has 4 heterocycles. The Morgan fingerprint density at radius 1 is 0.759 bits per heavy atom. The topological polar surface area (TPSA) is 24.3 Å². The Hall–Kier alpha value is -2.98. The third-order valence-corrected chi connectivity index (χ3v) is 6.60. The van der Waals surface area contributed by atoms with Crippen molar-refractivity contribution in [3.8, 4) is 0 Å². The van der Waals surface area contributed by atoms with Crippen LogP contribution in [0.4, 0.5) is 11.4 Å². The molecule has 0 bridgehead atoms. The molecule has 0 fully saturated rings. The smallest absolute Gasteiger partial charge is 0.353 e. The minimum atomic E-state index is -0.0436. The minimum Gasteiger partial charge on any atom is -0.353 e. The van der Waals surface area contributed by atoms with Crippen LogP contribution in [0.15, 0.2) is 66.7 Å². The van der Waals surface area contributed by atoms with Crippen LogP contribution in [0.25, 0.3) is 11.0 Å². The van der Waals surface area contributed by atoms with Gasteiger partial charge in [0.05, 0.1) is 22.4 Å². The average molecular weight is 374 g/mol. The molecule has 0 atom stereocenters. The normalized spacial score (nSPS) is 16.4. The Bertz CT molecular complexity index is 1340. The molecule has 0 radical (unpaired) electrons. The summed E-state index contributed by atoms with van der Waals surface area (Å²) in [6.45, 7) is 7.13. The van der Waals surface area contributed by atoms with Crippen LogP contribution in [0, 0.1) is 0 Å². The molecular formula is C23H20B2N4. The van der Waals surface area contributed by atoms with Crippen molar-refractivity contribution in [3.63, 3.8) is 0 Å². The molecule has 7 rings (SSSR count). The fourth-order valence-electron chi connectivity index (χ4n) is 5.57. The number of hydrogen-bond donors (Lipinski definition) is 0. The zero-order valence-corrected chi connectivity index (χ0v) is 16.8. The second-order valence-electron chi connectivity index (χ2n) is 9.36. The van der Waals surface area contributed by atoms with Gasteiger partial charge in [0.1, 0.15) is 5.82 Å². The van der Waals surface area contributed by atoms with Crippen molar-refractivity contribution in [2.24, 2.45) is 0 Å². The lowest BCUT2D eigenvalue weighted by Gasteiger charge is -2.36. The molecule has 0 saturated carbocycles. The summed E-state index contributed by atoms with van der Waals surface area (Å²) < 4.78 is 2.51. The molecule has 0 N–H and O–H groups in total. The van der Waals surface area contributed by atoms with E-state index in [1.165, 1.54) is 33.3 Å². The van der Waals surface area contributed by atoms with Gasteiger partial charge in [-0.1, -0.05) is 69.3 Å². The molecule has 4 nitrogen and oxygen atoms in total. The van der Waals surface area contributed by atoms with Crippen LogP contribution in [0.1, 0.15) is 26.6 Å². The van der Waals surface area contributed by atoms with Crippen LogP contribution < -0.4 is 21.4 Å². The predicted octanol–water partition coefficient (Wildman–Crippen LogP) is 2.38. The van der Waals surface area contributed by atoms with Gasteiger partial charge in [-0.25, -0.2) is 4.98 Å². The monoisotopic (exact) mass is 374 g/mol. The van der Waals surface area contributed by atoms with Crippen LogP contribution >= 0.6 is 0 Å². The Kier molecular flexibility index (Phi) is 2.71. The number of fused-ring (bicyclic) bond motifs is 8. The highest BCUT2D eigenvalue weighted by Gasteiger charge is 2.57. The number of hydrogen-bond acceptors (Lipinski definition) is 3. The minimum absolute atomic E-state index is 0.0436. The van der Waals surface area contributed by atoms with Crippen LogP contribution in [-0.4, -0.2) is 28.1 Å². The van der Waals surface area contributed by atoms with E-state index in [4.69, 9.17) is 4.98 Å². The predicted molar refractivity (Wildman–Crippen MR) is 121 cm³/mol. The van der Waals surface area contributed by atoms with Crippen molar-refractivity contribution in [1.29, 1.82) is 0 Å². The van der Waals surface area contributed by atoms with E-state index in [-0.39, 0.29) is 19.2 Å². The van der Waals surface area contributed by atoms with Gasteiger partial charge in [-0.05, 0) is 34.6 Å². The van der Waals surface area contributed by atoms with E-state index >= 15 is 0 Å². The Morgan fingerprint density at radius 2 is 1.41 bits per heavy atom. The van der Waals surface area contributed by atoms with Crippen molar-refractivity contribution >= 4 is 52.6 Å². The molecular weight excluding hydrogens is 354 g/mol. The molecule has 0 amide bonds. The molecule has 3 aliphatic heterocycles. The first kappa shape index (κ1) is 15.9. The number of hydrazine groups is 1. The molecule has 1 aromatic heterocycles. The first-order valence-electron chi connectivity index (χ1n) is 10.3. The Labute approximate surface area is 171 Å². The number of aromatic nitrogens is 2. The molecule has 0 unspecified atom stereocenters. The second-order valence-corrected chi connectivity index (χ2v) is 9.36. The van der Waals surface area contributed by atoms with E-state index in [2.05, 4.69) is 102 Å². The second kappa shape index (κ2) is 4.95. The molecule has 0 saturated heterocycles. The van der Waals surface area contributed by atoms with Crippen molar-refractivity contribution in [3.05, 3.63) is 72.6 Å². The molecule has 0 spiro atoms. The molecule has 3 aromatic carbocycles. The molecule has 4 aromatic rings. The summed E-state index contributed by atoms with van der Waals surface area (Å²) >= 11 is 0. The zero-order valence-electron chi connectivity index (χ0n) is 16.8. The molecule has 138 valence electrons. The van der Waals surface area contributed by atoms with E-state index in [9.17, 15) is 0 Å². The van der Waals surface area contributed by atoms with Gasteiger partial charge < -0.3 is 4.48 Å². The molecule has 6 heteroatoms. The van der Waals surface area contributed by atoms with Crippen LogP contribution in [0.3, 0.4) is 0 Å². The maximum atomic E-state index is 5.15. The van der Waals surface area contributed by atoms with E-state index in [1.807, 2.05) is 0 Å². The van der Waals surface area contributed by atoms with Gasteiger partial charge >= 0.3 is 13.8 Å². The lowest BCUT2D eigenvalue weighted by molar-refractivity contribution is 0.540. The zero-order chi connectivity index (χ0) is 19.5. The number of anilines is 2. The Balaban J connectivity index is 1.67. The van der Waals surface area contributed by atoms with Gasteiger partial charge in [0.2, 0.25) is 0 Å². The summed E-state index contributed by atoms with van der Waals surface area (Å²) in [5.41, 5.74) is 9.00. The summed E-state index contributed by atoms with van der Waals surface area (Å²) in [4.78, 5) is 7.71. The largest absolute Gasteiger partial charge is 0.394 e.